The third kappa shape index (κ3) is 5.90. The van der Waals surface area contributed by atoms with Gasteiger partial charge in [-0.2, -0.15) is 0 Å². The minimum Gasteiger partial charge on any atom is -0.355 e. The van der Waals surface area contributed by atoms with Crippen LogP contribution in [0.15, 0.2) is 54.0 Å². The second-order valence-electron chi connectivity index (χ2n) is 5.83. The molecule has 6 nitrogen and oxygen atoms in total. The molecule has 0 aliphatic rings. The Morgan fingerprint density at radius 2 is 1.96 bits per heavy atom. The van der Waals surface area contributed by atoms with Crippen molar-refractivity contribution in [3.05, 3.63) is 54.6 Å². The van der Waals surface area contributed by atoms with E-state index in [-0.39, 0.29) is 0 Å². The zero-order valence-electron chi connectivity index (χ0n) is 15.5. The largest absolute Gasteiger partial charge is 0.355 e. The van der Waals surface area contributed by atoms with E-state index < -0.39 is 0 Å². The second kappa shape index (κ2) is 10.5. The van der Waals surface area contributed by atoms with E-state index in [1.807, 2.05) is 24.1 Å². The lowest BCUT2D eigenvalue weighted by Crippen LogP contribution is -2.44. The van der Waals surface area contributed by atoms with Crippen LogP contribution < -0.4 is 10.6 Å². The van der Waals surface area contributed by atoms with Gasteiger partial charge in [-0.25, -0.2) is 4.98 Å². The van der Waals surface area contributed by atoms with E-state index in [1.54, 1.807) is 6.20 Å². The minimum atomic E-state index is 0.323. The topological polar surface area (TPSA) is 57.5 Å². The maximum atomic E-state index is 4.33. The van der Waals surface area contributed by atoms with Gasteiger partial charge in [0.15, 0.2) is 5.96 Å². The summed E-state index contributed by atoms with van der Waals surface area (Å²) < 4.78 is 2.04. The van der Waals surface area contributed by atoms with Gasteiger partial charge in [0, 0.05) is 39.1 Å². The maximum absolute atomic E-state index is 4.33. The molecule has 1 atom stereocenters. The number of rotatable bonds is 9. The van der Waals surface area contributed by atoms with Crippen LogP contribution in [0.5, 0.6) is 0 Å². The maximum Gasteiger partial charge on any atom is 0.191 e. The molecular formula is C19H30N6. The monoisotopic (exact) mass is 342 g/mol. The van der Waals surface area contributed by atoms with E-state index in [1.165, 1.54) is 5.56 Å². The number of aromatic nitrogens is 2. The highest BCUT2D eigenvalue weighted by molar-refractivity contribution is 5.79. The average molecular weight is 342 g/mol. The number of benzene rings is 1. The van der Waals surface area contributed by atoms with Gasteiger partial charge in [0.1, 0.15) is 0 Å². The van der Waals surface area contributed by atoms with Gasteiger partial charge < -0.3 is 15.2 Å². The summed E-state index contributed by atoms with van der Waals surface area (Å²) in [6.45, 7) is 8.93. The van der Waals surface area contributed by atoms with E-state index >= 15 is 0 Å². The summed E-state index contributed by atoms with van der Waals surface area (Å²) in [5, 5.41) is 6.83. The predicted molar refractivity (Wildman–Crippen MR) is 104 cm³/mol. The molecule has 1 aromatic heterocycles. The van der Waals surface area contributed by atoms with Crippen molar-refractivity contribution in [2.45, 2.75) is 26.4 Å². The summed E-state index contributed by atoms with van der Waals surface area (Å²) in [7, 11) is 1.81. The Morgan fingerprint density at radius 1 is 1.20 bits per heavy atom. The molecule has 0 fully saturated rings. The lowest BCUT2D eigenvalue weighted by atomic mass is 10.1. The predicted octanol–water partition coefficient (Wildman–Crippen LogP) is 2.13. The molecule has 2 rings (SSSR count). The molecule has 1 aromatic carbocycles. The lowest BCUT2D eigenvalue weighted by molar-refractivity contribution is 0.219. The molecule has 0 aliphatic heterocycles. The van der Waals surface area contributed by atoms with Crippen LogP contribution in [0.4, 0.5) is 0 Å². The molecule has 0 amide bonds. The fourth-order valence-electron chi connectivity index (χ4n) is 2.93. The van der Waals surface area contributed by atoms with Crippen LogP contribution in [0.25, 0.3) is 0 Å². The van der Waals surface area contributed by atoms with Crippen LogP contribution in [0, 0.1) is 0 Å². The number of hydrogen-bond acceptors (Lipinski definition) is 3. The summed E-state index contributed by atoms with van der Waals surface area (Å²) in [6.07, 6.45) is 5.58. The van der Waals surface area contributed by atoms with Gasteiger partial charge in [-0.3, -0.25) is 9.89 Å². The number of guanidine groups is 1. The molecule has 0 saturated heterocycles. The van der Waals surface area contributed by atoms with Crippen molar-refractivity contribution in [1.82, 2.24) is 25.1 Å². The Hall–Kier alpha value is -2.34. The van der Waals surface area contributed by atoms with E-state index in [2.05, 4.69) is 69.7 Å². The highest BCUT2D eigenvalue weighted by atomic mass is 15.2. The molecular weight excluding hydrogens is 312 g/mol. The van der Waals surface area contributed by atoms with Gasteiger partial charge in [0.25, 0.3) is 0 Å². The summed E-state index contributed by atoms with van der Waals surface area (Å²) in [6, 6.07) is 11.0. The van der Waals surface area contributed by atoms with Crippen LogP contribution >= 0.6 is 0 Å². The molecule has 0 spiro atoms. The Balaban J connectivity index is 1.91. The van der Waals surface area contributed by atoms with Crippen molar-refractivity contribution in [2.75, 3.05) is 33.2 Å². The minimum absolute atomic E-state index is 0.323. The van der Waals surface area contributed by atoms with Crippen LogP contribution in [-0.2, 0) is 6.54 Å². The van der Waals surface area contributed by atoms with Crippen molar-refractivity contribution in [3.8, 4) is 0 Å². The standard InChI is InChI=1S/C19H30N6/c1-4-25(5-2)18(17-9-7-6-8-10-17)15-23-19(20-3)22-12-14-24-13-11-21-16-24/h6-11,13,16,18H,4-5,12,14-15H2,1-3H3,(H2,20,22,23). The number of hydrogen-bond donors (Lipinski definition) is 2. The first-order valence-electron chi connectivity index (χ1n) is 8.97. The molecule has 1 heterocycles. The number of nitrogens with zero attached hydrogens (tertiary/aromatic N) is 4. The molecule has 2 aromatic rings. The number of imidazole rings is 1. The molecule has 0 bridgehead atoms. The van der Waals surface area contributed by atoms with Crippen LogP contribution in [0.1, 0.15) is 25.5 Å². The quantitative estimate of drug-likeness (QED) is 0.541. The third-order valence-electron chi connectivity index (χ3n) is 4.35. The first-order chi connectivity index (χ1) is 12.3. The Bertz CT molecular complexity index is 604. The summed E-state index contributed by atoms with van der Waals surface area (Å²) >= 11 is 0. The molecule has 6 heteroatoms. The fraction of sp³-hybridized carbons (Fsp3) is 0.474. The Morgan fingerprint density at radius 3 is 2.56 bits per heavy atom. The van der Waals surface area contributed by atoms with Gasteiger partial charge in [-0.05, 0) is 18.7 Å². The van der Waals surface area contributed by atoms with Crippen molar-refractivity contribution in [1.29, 1.82) is 0 Å². The number of likely N-dealkylation sites (N-methyl/N-ethyl adjacent to an activating group) is 1. The number of aliphatic imine (C=N–C) groups is 1. The highest BCUT2D eigenvalue weighted by Crippen LogP contribution is 2.19. The van der Waals surface area contributed by atoms with Crippen molar-refractivity contribution < 1.29 is 0 Å². The highest BCUT2D eigenvalue weighted by Gasteiger charge is 2.17. The fourth-order valence-corrected chi connectivity index (χ4v) is 2.93. The zero-order chi connectivity index (χ0) is 17.9. The second-order valence-corrected chi connectivity index (χ2v) is 5.83. The Labute approximate surface area is 151 Å². The zero-order valence-corrected chi connectivity index (χ0v) is 15.5. The third-order valence-corrected chi connectivity index (χ3v) is 4.35. The van der Waals surface area contributed by atoms with E-state index in [4.69, 9.17) is 0 Å². The molecule has 1 unspecified atom stereocenters. The van der Waals surface area contributed by atoms with Crippen LogP contribution in [-0.4, -0.2) is 53.6 Å². The molecule has 0 saturated carbocycles. The normalized spacial score (nSPS) is 13.0. The van der Waals surface area contributed by atoms with Crippen LogP contribution in [0.3, 0.4) is 0 Å². The molecule has 136 valence electrons. The Kier molecular flexibility index (Phi) is 7.98. The SMILES string of the molecule is CCN(CC)C(CNC(=NC)NCCn1ccnc1)c1ccccc1. The summed E-state index contributed by atoms with van der Waals surface area (Å²) in [5.74, 6) is 0.827. The summed E-state index contributed by atoms with van der Waals surface area (Å²) in [4.78, 5) is 10.8. The van der Waals surface area contributed by atoms with E-state index in [9.17, 15) is 0 Å². The number of nitrogens with one attached hydrogen (secondary N) is 2. The molecule has 2 N–H and O–H groups in total. The first-order valence-corrected chi connectivity index (χ1v) is 8.97. The smallest absolute Gasteiger partial charge is 0.191 e. The molecule has 25 heavy (non-hydrogen) atoms. The van der Waals surface area contributed by atoms with Crippen molar-refractivity contribution in [3.63, 3.8) is 0 Å². The van der Waals surface area contributed by atoms with Gasteiger partial charge in [0.2, 0.25) is 0 Å². The molecule has 0 aliphatic carbocycles. The van der Waals surface area contributed by atoms with E-state index in [0.29, 0.717) is 6.04 Å². The van der Waals surface area contributed by atoms with Gasteiger partial charge in [0.05, 0.1) is 12.4 Å². The van der Waals surface area contributed by atoms with Crippen molar-refractivity contribution in [2.24, 2.45) is 4.99 Å². The lowest BCUT2D eigenvalue weighted by Gasteiger charge is -2.30. The van der Waals surface area contributed by atoms with Gasteiger partial charge in [-0.1, -0.05) is 44.2 Å². The van der Waals surface area contributed by atoms with E-state index in [0.717, 1.165) is 38.7 Å². The molecule has 0 radical (unpaired) electrons. The van der Waals surface area contributed by atoms with Gasteiger partial charge >= 0.3 is 0 Å². The summed E-state index contributed by atoms with van der Waals surface area (Å²) in [5.41, 5.74) is 1.33. The van der Waals surface area contributed by atoms with Gasteiger partial charge in [-0.15, -0.1) is 0 Å². The van der Waals surface area contributed by atoms with Crippen molar-refractivity contribution >= 4 is 5.96 Å². The van der Waals surface area contributed by atoms with Crippen LogP contribution in [0.2, 0.25) is 0 Å². The average Bonchev–Trinajstić information content (AvgIpc) is 3.17. The first kappa shape index (κ1) is 19.0.